The minimum atomic E-state index is -1.04. The lowest BCUT2D eigenvalue weighted by Crippen LogP contribution is -1.99. The zero-order chi connectivity index (χ0) is 12.1. The highest BCUT2D eigenvalue weighted by Crippen LogP contribution is 2.32. The van der Waals surface area contributed by atoms with Crippen molar-refractivity contribution < 1.29 is 13.9 Å². The van der Waals surface area contributed by atoms with Gasteiger partial charge in [-0.05, 0) is 24.8 Å². The molecular weight excluding hydrogens is 210 g/mol. The van der Waals surface area contributed by atoms with Crippen LogP contribution < -0.4 is 0 Å². The van der Waals surface area contributed by atoms with Crippen LogP contribution in [0.2, 0.25) is 0 Å². The summed E-state index contributed by atoms with van der Waals surface area (Å²) in [5.41, 5.74) is 0.388. The molecule has 0 saturated heterocycles. The number of hydrogen-bond acceptors (Lipinski definition) is 1. The van der Waals surface area contributed by atoms with E-state index >= 15 is 0 Å². The molecule has 1 aromatic carbocycles. The maximum absolute atomic E-state index is 13.1. The van der Waals surface area contributed by atoms with E-state index in [-0.39, 0.29) is 11.7 Å². The molecule has 0 heterocycles. The van der Waals surface area contributed by atoms with Crippen molar-refractivity contribution >= 4 is 0 Å². The summed E-state index contributed by atoms with van der Waals surface area (Å²) < 4.78 is 25.9. The number of phenols is 1. The molecule has 1 nitrogen and oxygen atoms in total. The minimum absolute atomic E-state index is 0.120. The lowest BCUT2D eigenvalue weighted by Gasteiger charge is -2.15. The number of halogens is 2. The Morgan fingerprint density at radius 3 is 2.12 bits per heavy atom. The topological polar surface area (TPSA) is 20.2 Å². The number of aromatic hydroxyl groups is 1. The average Bonchev–Trinajstić information content (AvgIpc) is 2.23. The summed E-state index contributed by atoms with van der Waals surface area (Å²) in [6.07, 6.45) is 4.50. The first-order valence-corrected chi connectivity index (χ1v) is 4.99. The van der Waals surface area contributed by atoms with Crippen LogP contribution in [0.4, 0.5) is 8.78 Å². The maximum Gasteiger partial charge on any atom is 0.162 e. The van der Waals surface area contributed by atoms with Crippen LogP contribution in [0.5, 0.6) is 5.75 Å². The number of rotatable bonds is 5. The second-order valence-corrected chi connectivity index (χ2v) is 3.57. The second kappa shape index (κ2) is 5.45. The van der Waals surface area contributed by atoms with Crippen LogP contribution in [-0.2, 0) is 0 Å². The van der Waals surface area contributed by atoms with Gasteiger partial charge in [-0.1, -0.05) is 12.2 Å². The third-order valence-electron chi connectivity index (χ3n) is 2.41. The third-order valence-corrected chi connectivity index (χ3v) is 2.41. The summed E-state index contributed by atoms with van der Waals surface area (Å²) in [5.74, 6) is -2.35. The summed E-state index contributed by atoms with van der Waals surface area (Å²) in [6, 6.07) is 1.83. The highest BCUT2D eigenvalue weighted by atomic mass is 19.2. The fourth-order valence-corrected chi connectivity index (χ4v) is 1.63. The molecule has 0 aliphatic rings. The molecule has 0 atom stereocenters. The van der Waals surface area contributed by atoms with Gasteiger partial charge in [0.1, 0.15) is 5.75 Å². The van der Waals surface area contributed by atoms with Crippen LogP contribution in [0.3, 0.4) is 0 Å². The molecule has 1 N–H and O–H groups in total. The Kier molecular flexibility index (Phi) is 4.23. The second-order valence-electron chi connectivity index (χ2n) is 3.57. The van der Waals surface area contributed by atoms with E-state index in [1.165, 1.54) is 0 Å². The summed E-state index contributed by atoms with van der Waals surface area (Å²) in [7, 11) is 0. The van der Waals surface area contributed by atoms with Gasteiger partial charge in [0.2, 0.25) is 0 Å². The predicted octanol–water partition coefficient (Wildman–Crippen LogP) is 3.91. The fraction of sp³-hybridized carbons (Fsp3) is 0.231. The molecule has 1 aromatic rings. The van der Waals surface area contributed by atoms with E-state index in [1.54, 1.807) is 12.2 Å². The minimum Gasteiger partial charge on any atom is -0.508 e. The molecule has 16 heavy (non-hydrogen) atoms. The SMILES string of the molecule is C=CCC(CC=C)c1cc(F)c(F)cc1O. The summed E-state index contributed by atoms with van der Waals surface area (Å²) in [4.78, 5) is 0. The zero-order valence-electron chi connectivity index (χ0n) is 8.92. The van der Waals surface area contributed by atoms with E-state index in [0.29, 0.717) is 18.4 Å². The zero-order valence-corrected chi connectivity index (χ0v) is 8.92. The van der Waals surface area contributed by atoms with Gasteiger partial charge in [-0.2, -0.15) is 0 Å². The van der Waals surface area contributed by atoms with Crippen LogP contribution in [0.1, 0.15) is 24.3 Å². The quantitative estimate of drug-likeness (QED) is 0.752. The van der Waals surface area contributed by atoms with Crippen molar-refractivity contribution in [3.8, 4) is 5.75 Å². The van der Waals surface area contributed by atoms with Gasteiger partial charge in [0.15, 0.2) is 11.6 Å². The fourth-order valence-electron chi connectivity index (χ4n) is 1.63. The van der Waals surface area contributed by atoms with Gasteiger partial charge in [-0.3, -0.25) is 0 Å². The molecule has 0 amide bonds. The Hall–Kier alpha value is -1.64. The lowest BCUT2D eigenvalue weighted by molar-refractivity contribution is 0.440. The van der Waals surface area contributed by atoms with Gasteiger partial charge in [-0.15, -0.1) is 13.2 Å². The van der Waals surface area contributed by atoms with Crippen molar-refractivity contribution in [2.24, 2.45) is 0 Å². The van der Waals surface area contributed by atoms with E-state index in [9.17, 15) is 13.9 Å². The van der Waals surface area contributed by atoms with Crippen LogP contribution in [0.15, 0.2) is 37.4 Å². The average molecular weight is 224 g/mol. The Morgan fingerprint density at radius 1 is 1.12 bits per heavy atom. The Bertz CT molecular complexity index is 389. The number of phenolic OH excluding ortho intramolecular Hbond substituents is 1. The third kappa shape index (κ3) is 2.69. The molecule has 0 unspecified atom stereocenters. The van der Waals surface area contributed by atoms with Crippen LogP contribution in [0, 0.1) is 11.6 Å². The number of allylic oxidation sites excluding steroid dienone is 2. The van der Waals surface area contributed by atoms with Crippen LogP contribution in [0.25, 0.3) is 0 Å². The van der Waals surface area contributed by atoms with Crippen molar-refractivity contribution in [2.75, 3.05) is 0 Å². The van der Waals surface area contributed by atoms with Gasteiger partial charge in [0.05, 0.1) is 0 Å². The highest BCUT2D eigenvalue weighted by molar-refractivity contribution is 5.37. The highest BCUT2D eigenvalue weighted by Gasteiger charge is 2.16. The van der Waals surface area contributed by atoms with Gasteiger partial charge in [0, 0.05) is 11.6 Å². The maximum atomic E-state index is 13.1. The van der Waals surface area contributed by atoms with Crippen LogP contribution in [-0.4, -0.2) is 5.11 Å². The molecule has 1 rings (SSSR count). The first kappa shape index (κ1) is 12.4. The van der Waals surface area contributed by atoms with Crippen molar-refractivity contribution in [1.82, 2.24) is 0 Å². The van der Waals surface area contributed by atoms with E-state index in [4.69, 9.17) is 0 Å². The molecule has 0 saturated carbocycles. The van der Waals surface area contributed by atoms with E-state index < -0.39 is 11.6 Å². The predicted molar refractivity (Wildman–Crippen MR) is 60.4 cm³/mol. The molecule has 0 aromatic heterocycles. The van der Waals surface area contributed by atoms with Gasteiger partial charge < -0.3 is 5.11 Å². The summed E-state index contributed by atoms with van der Waals surface area (Å²) >= 11 is 0. The van der Waals surface area contributed by atoms with Crippen molar-refractivity contribution in [3.63, 3.8) is 0 Å². The van der Waals surface area contributed by atoms with Crippen LogP contribution >= 0.6 is 0 Å². The van der Waals surface area contributed by atoms with Crippen molar-refractivity contribution in [2.45, 2.75) is 18.8 Å². The van der Waals surface area contributed by atoms with Gasteiger partial charge in [-0.25, -0.2) is 8.78 Å². The smallest absolute Gasteiger partial charge is 0.162 e. The van der Waals surface area contributed by atoms with Gasteiger partial charge >= 0.3 is 0 Å². The van der Waals surface area contributed by atoms with E-state index in [1.807, 2.05) is 0 Å². The van der Waals surface area contributed by atoms with Crippen molar-refractivity contribution in [3.05, 3.63) is 54.6 Å². The molecule has 0 spiro atoms. The normalized spacial score (nSPS) is 10.4. The largest absolute Gasteiger partial charge is 0.508 e. The molecule has 3 heteroatoms. The molecule has 86 valence electrons. The summed E-state index contributed by atoms with van der Waals surface area (Å²) in [6.45, 7) is 7.19. The standard InChI is InChI=1S/C13H14F2O/c1-3-5-9(6-4-2)10-7-11(14)12(15)8-13(10)16/h3-4,7-9,16H,1-2,5-6H2. The molecule has 0 aliphatic carbocycles. The molecular formula is C13H14F2O. The number of hydrogen-bond donors (Lipinski definition) is 1. The van der Waals surface area contributed by atoms with E-state index in [2.05, 4.69) is 13.2 Å². The molecule has 0 fully saturated rings. The Morgan fingerprint density at radius 2 is 1.62 bits per heavy atom. The molecule has 0 bridgehead atoms. The number of benzene rings is 1. The summed E-state index contributed by atoms with van der Waals surface area (Å²) in [5, 5.41) is 9.56. The molecule has 0 aliphatic heterocycles. The monoisotopic (exact) mass is 224 g/mol. The Balaban J connectivity index is 3.12. The first-order valence-electron chi connectivity index (χ1n) is 4.99. The lowest BCUT2D eigenvalue weighted by atomic mass is 9.91. The Labute approximate surface area is 93.7 Å². The van der Waals surface area contributed by atoms with Gasteiger partial charge in [0.25, 0.3) is 0 Å². The molecule has 0 radical (unpaired) electrons. The van der Waals surface area contributed by atoms with E-state index in [0.717, 1.165) is 12.1 Å². The van der Waals surface area contributed by atoms with Crippen molar-refractivity contribution in [1.29, 1.82) is 0 Å². The first-order chi connectivity index (χ1) is 7.60.